The summed E-state index contributed by atoms with van der Waals surface area (Å²) in [6, 6.07) is 0. The monoisotopic (exact) mass is 188 g/mol. The minimum Gasteiger partial charge on any atom is -0.271 e. The maximum atomic E-state index is 10.9. The van der Waals surface area contributed by atoms with Gasteiger partial charge in [-0.2, -0.15) is 0 Å². The summed E-state index contributed by atoms with van der Waals surface area (Å²) in [5, 5.41) is 0. The third-order valence-electron chi connectivity index (χ3n) is 0.633. The van der Waals surface area contributed by atoms with Crippen LogP contribution in [0.1, 0.15) is 13.8 Å². The van der Waals surface area contributed by atoms with Crippen LogP contribution in [-0.4, -0.2) is 15.5 Å². The fraction of sp³-hybridized carbons (Fsp3) is 1.00. The van der Waals surface area contributed by atoms with Crippen LogP contribution in [0.25, 0.3) is 0 Å². The van der Waals surface area contributed by atoms with Crippen molar-refractivity contribution in [2.75, 3.05) is 5.75 Å². The highest BCUT2D eigenvalue weighted by molar-refractivity contribution is 8.30. The van der Waals surface area contributed by atoms with Gasteiger partial charge in [-0.15, -0.1) is 0 Å². The Morgan fingerprint density at radius 3 is 2.44 bits per heavy atom. The molecule has 0 fully saturated rings. The molecule has 9 heavy (non-hydrogen) atoms. The summed E-state index contributed by atoms with van der Waals surface area (Å²) < 4.78 is 15.6. The van der Waals surface area contributed by atoms with Gasteiger partial charge < -0.3 is 0 Å². The fourth-order valence-corrected chi connectivity index (χ4v) is 1.65. The molecule has 0 aromatic carbocycles. The summed E-state index contributed by atoms with van der Waals surface area (Å²) in [7, 11) is -2.52. The third kappa shape index (κ3) is 5.08. The Morgan fingerprint density at radius 1 is 1.89 bits per heavy atom. The summed E-state index contributed by atoms with van der Waals surface area (Å²) in [4.78, 5) is 0. The van der Waals surface area contributed by atoms with E-state index in [4.69, 9.17) is 15.8 Å². The van der Waals surface area contributed by atoms with E-state index in [1.165, 1.54) is 0 Å². The molecule has 0 aliphatic rings. The van der Waals surface area contributed by atoms with Gasteiger partial charge in [-0.05, 0) is 6.92 Å². The molecule has 0 radical (unpaired) electrons. The van der Waals surface area contributed by atoms with Crippen LogP contribution in [0.4, 0.5) is 0 Å². The van der Waals surface area contributed by atoms with Crippen LogP contribution in [0.15, 0.2) is 0 Å². The quantitative estimate of drug-likeness (QED) is 0.624. The Kier molecular flexibility index (Phi) is 3.96. The van der Waals surface area contributed by atoms with Crippen molar-refractivity contribution >= 4 is 31.6 Å². The van der Waals surface area contributed by atoms with Crippen LogP contribution in [0.3, 0.4) is 0 Å². The van der Waals surface area contributed by atoms with Crippen molar-refractivity contribution in [3.05, 3.63) is 0 Å². The molecule has 0 spiro atoms. The van der Waals surface area contributed by atoms with E-state index in [9.17, 15) is 4.21 Å². The predicted octanol–water partition coefficient (Wildman–Crippen LogP) is 1.27. The maximum Gasteiger partial charge on any atom is 0.145 e. The lowest BCUT2D eigenvalue weighted by molar-refractivity contribution is 0.331. The van der Waals surface area contributed by atoms with Crippen LogP contribution in [0.5, 0.6) is 0 Å². The fourth-order valence-electron chi connectivity index (χ4n) is 0.270. The zero-order chi connectivity index (χ0) is 7.49. The normalized spacial score (nSPS) is 20.8. The van der Waals surface area contributed by atoms with E-state index in [0.717, 1.165) is 0 Å². The highest BCUT2D eigenvalue weighted by Crippen LogP contribution is 2.03. The smallest absolute Gasteiger partial charge is 0.145 e. The highest BCUT2D eigenvalue weighted by Gasteiger charge is 2.05. The summed E-state index contributed by atoms with van der Waals surface area (Å²) in [5.41, 5.74) is -0.560. The average molecular weight is 189 g/mol. The molecule has 0 heterocycles. The molecular weight excluding hydrogens is 180 g/mol. The zero-order valence-electron chi connectivity index (χ0n) is 5.30. The maximum absolute atomic E-state index is 10.9. The van der Waals surface area contributed by atoms with E-state index in [2.05, 4.69) is 11.2 Å². The van der Waals surface area contributed by atoms with Crippen LogP contribution < -0.4 is 0 Å². The van der Waals surface area contributed by atoms with Crippen molar-refractivity contribution in [1.29, 1.82) is 0 Å². The first-order valence-corrected chi connectivity index (χ1v) is 5.54. The van der Waals surface area contributed by atoms with Crippen molar-refractivity contribution in [3.8, 4) is 0 Å². The second kappa shape index (κ2) is 3.71. The molecule has 0 aromatic rings. The Labute approximate surface area is 65.4 Å². The van der Waals surface area contributed by atoms with E-state index < -0.39 is 14.3 Å². The van der Waals surface area contributed by atoms with Gasteiger partial charge in [-0.25, -0.2) is 4.21 Å². The van der Waals surface area contributed by atoms with Gasteiger partial charge in [0.25, 0.3) is 0 Å². The summed E-state index contributed by atoms with van der Waals surface area (Å²) in [5.74, 6) is 0.333. The van der Waals surface area contributed by atoms with E-state index in [1.807, 2.05) is 0 Å². The molecule has 0 N–H and O–H groups in total. The molecule has 0 aromatic heterocycles. The van der Waals surface area contributed by atoms with E-state index in [0.29, 0.717) is 5.75 Å². The molecule has 5 heteroatoms. The molecule has 0 bridgehead atoms. The highest BCUT2D eigenvalue weighted by atomic mass is 35.5. The molecule has 56 valence electrons. The number of hydrogen-bond acceptors (Lipinski definition) is 3. The molecule has 2 nitrogen and oxygen atoms in total. The topological polar surface area (TPSA) is 26.3 Å². The van der Waals surface area contributed by atoms with E-state index in [1.54, 1.807) is 13.8 Å². The standard InChI is InChI=1S/C4H9ClO2S2/c1-3-9(6,8)7-4(2)5/h4H,3H2,1-2H3. The SMILES string of the molecule is CCS(=O)(=S)OC(C)Cl. The Balaban J connectivity index is 3.90. The van der Waals surface area contributed by atoms with Crippen molar-refractivity contribution in [2.24, 2.45) is 0 Å². The predicted molar refractivity (Wildman–Crippen MR) is 42.4 cm³/mol. The zero-order valence-corrected chi connectivity index (χ0v) is 7.68. The van der Waals surface area contributed by atoms with Gasteiger partial charge in [0.05, 0.1) is 0 Å². The molecule has 2 unspecified atom stereocenters. The lowest BCUT2D eigenvalue weighted by atomic mass is 10.9. The summed E-state index contributed by atoms with van der Waals surface area (Å²) >= 11 is 9.91. The minimum absolute atomic E-state index is 0.333. The number of hydrogen-bond donors (Lipinski definition) is 0. The second-order valence-electron chi connectivity index (χ2n) is 1.49. The minimum atomic E-state index is -2.52. The molecule has 2 atom stereocenters. The molecule has 0 aliphatic carbocycles. The summed E-state index contributed by atoms with van der Waals surface area (Å²) in [6.07, 6.45) is 0. The molecule has 0 saturated heterocycles. The van der Waals surface area contributed by atoms with Crippen molar-refractivity contribution in [1.82, 2.24) is 0 Å². The molecule has 0 saturated carbocycles. The van der Waals surface area contributed by atoms with Gasteiger partial charge in [0.2, 0.25) is 0 Å². The number of alkyl halides is 1. The van der Waals surface area contributed by atoms with Crippen molar-refractivity contribution in [3.63, 3.8) is 0 Å². The van der Waals surface area contributed by atoms with E-state index >= 15 is 0 Å². The lowest BCUT2D eigenvalue weighted by Gasteiger charge is -2.05. The number of halogens is 1. The Bertz CT molecular complexity index is 161. The van der Waals surface area contributed by atoms with Gasteiger partial charge in [0, 0.05) is 16.9 Å². The van der Waals surface area contributed by atoms with Crippen LogP contribution in [0, 0.1) is 0 Å². The largest absolute Gasteiger partial charge is 0.271 e. The molecule has 0 amide bonds. The van der Waals surface area contributed by atoms with Gasteiger partial charge in [0.1, 0.15) is 14.3 Å². The van der Waals surface area contributed by atoms with Gasteiger partial charge >= 0.3 is 0 Å². The van der Waals surface area contributed by atoms with E-state index in [-0.39, 0.29) is 0 Å². The first kappa shape index (κ1) is 9.62. The Hall–Kier alpha value is 0.620. The van der Waals surface area contributed by atoms with Crippen LogP contribution in [0.2, 0.25) is 0 Å². The van der Waals surface area contributed by atoms with Crippen LogP contribution >= 0.6 is 11.6 Å². The van der Waals surface area contributed by atoms with Crippen molar-refractivity contribution < 1.29 is 8.39 Å². The lowest BCUT2D eigenvalue weighted by Crippen LogP contribution is -2.10. The average Bonchev–Trinajstić information content (AvgIpc) is 1.63. The van der Waals surface area contributed by atoms with Crippen molar-refractivity contribution in [2.45, 2.75) is 19.4 Å². The van der Waals surface area contributed by atoms with Crippen LogP contribution in [-0.2, 0) is 24.1 Å². The summed E-state index contributed by atoms with van der Waals surface area (Å²) in [6.45, 7) is 3.29. The molecule has 0 rings (SSSR count). The Morgan fingerprint density at radius 2 is 2.33 bits per heavy atom. The molecular formula is C4H9ClO2S2. The second-order valence-corrected chi connectivity index (χ2v) is 5.51. The first-order valence-electron chi connectivity index (χ1n) is 2.53. The van der Waals surface area contributed by atoms with Gasteiger partial charge in [0.15, 0.2) is 0 Å². The first-order chi connectivity index (χ1) is 3.98. The molecule has 0 aliphatic heterocycles. The van der Waals surface area contributed by atoms with Gasteiger partial charge in [-0.3, -0.25) is 4.18 Å². The number of rotatable bonds is 3. The van der Waals surface area contributed by atoms with Gasteiger partial charge in [-0.1, -0.05) is 18.5 Å². The third-order valence-corrected chi connectivity index (χ3v) is 3.06.